The van der Waals surface area contributed by atoms with Gasteiger partial charge >= 0.3 is 5.97 Å². The number of carbonyl (C=O) groups excluding carboxylic acids is 1. The molecule has 2 bridgehead atoms. The number of epoxide rings is 1. The lowest BCUT2D eigenvalue weighted by Gasteiger charge is -2.55. The summed E-state index contributed by atoms with van der Waals surface area (Å²) in [4.78, 5) is 12.8. The zero-order chi connectivity index (χ0) is 18.2. The van der Waals surface area contributed by atoms with Gasteiger partial charge in [0.25, 0.3) is 0 Å². The van der Waals surface area contributed by atoms with Gasteiger partial charge in [-0.05, 0) is 51.2 Å². The summed E-state index contributed by atoms with van der Waals surface area (Å²) in [5, 5.41) is 0. The normalized spacial score (nSPS) is 44.6. The van der Waals surface area contributed by atoms with Crippen LogP contribution in [0.15, 0.2) is 42.5 Å². The largest absolute Gasteiger partial charge is 0.458 e. The molecule has 4 aliphatic rings. The van der Waals surface area contributed by atoms with Crippen molar-refractivity contribution in [1.29, 1.82) is 0 Å². The second-order valence-electron chi connectivity index (χ2n) is 9.13. The molecule has 2 heterocycles. The third-order valence-corrected chi connectivity index (χ3v) is 7.41. The quantitative estimate of drug-likeness (QED) is 0.459. The highest BCUT2D eigenvalue weighted by Crippen LogP contribution is 2.69. The molecule has 5 rings (SSSR count). The summed E-state index contributed by atoms with van der Waals surface area (Å²) in [6.07, 6.45) is 6.86. The van der Waals surface area contributed by atoms with Crippen molar-refractivity contribution >= 4 is 5.97 Å². The molecule has 0 amide bonds. The average molecular weight is 354 g/mol. The highest BCUT2D eigenvalue weighted by molar-refractivity contribution is 5.89. The molecule has 1 aromatic carbocycles. The number of rotatable bonds is 2. The summed E-state index contributed by atoms with van der Waals surface area (Å²) in [5.74, 6) is 0.114. The Kier molecular flexibility index (Phi) is 3.17. The third kappa shape index (κ3) is 1.95. The van der Waals surface area contributed by atoms with Crippen LogP contribution >= 0.6 is 0 Å². The van der Waals surface area contributed by atoms with Crippen molar-refractivity contribution in [1.82, 2.24) is 0 Å². The number of fused-ring (bicyclic) bond motifs is 1. The Bertz CT molecular complexity index is 779. The molecule has 0 N–H and O–H groups in total. The third-order valence-electron chi connectivity index (χ3n) is 7.41. The van der Waals surface area contributed by atoms with Crippen LogP contribution in [-0.2, 0) is 14.2 Å². The molecule has 2 saturated heterocycles. The molecule has 0 aromatic heterocycles. The van der Waals surface area contributed by atoms with Crippen LogP contribution in [0, 0.1) is 11.3 Å². The number of esters is 1. The van der Waals surface area contributed by atoms with Crippen molar-refractivity contribution in [3.63, 3.8) is 0 Å². The molecule has 0 radical (unpaired) electrons. The molecule has 1 aromatic rings. The summed E-state index contributed by atoms with van der Waals surface area (Å²) in [6, 6.07) is 9.26. The zero-order valence-electron chi connectivity index (χ0n) is 15.7. The van der Waals surface area contributed by atoms with E-state index < -0.39 is 5.60 Å². The van der Waals surface area contributed by atoms with E-state index in [2.05, 4.69) is 32.9 Å². The molecule has 1 saturated carbocycles. The molecule has 4 heteroatoms. The van der Waals surface area contributed by atoms with Crippen LogP contribution in [0.25, 0.3) is 0 Å². The summed E-state index contributed by atoms with van der Waals surface area (Å²) < 4.78 is 18.9. The number of benzene rings is 1. The Hall–Kier alpha value is -1.65. The fourth-order valence-corrected chi connectivity index (χ4v) is 5.69. The summed E-state index contributed by atoms with van der Waals surface area (Å²) >= 11 is 0. The van der Waals surface area contributed by atoms with E-state index in [1.165, 1.54) is 0 Å². The maximum Gasteiger partial charge on any atom is 0.338 e. The lowest BCUT2D eigenvalue weighted by molar-refractivity contribution is -0.204. The Morgan fingerprint density at radius 2 is 1.92 bits per heavy atom. The second kappa shape index (κ2) is 4.99. The monoisotopic (exact) mass is 354 g/mol. The molecule has 138 valence electrons. The van der Waals surface area contributed by atoms with Crippen molar-refractivity contribution in [3.8, 4) is 0 Å². The van der Waals surface area contributed by atoms with Crippen LogP contribution in [0.1, 0.15) is 50.4 Å². The van der Waals surface area contributed by atoms with E-state index in [9.17, 15) is 4.79 Å². The Morgan fingerprint density at radius 1 is 1.19 bits per heavy atom. The number of carbonyl (C=O) groups is 1. The Balaban J connectivity index is 1.54. The molecule has 2 aliphatic heterocycles. The average Bonchev–Trinajstić information content (AvgIpc) is 3.34. The van der Waals surface area contributed by atoms with E-state index in [0.717, 1.165) is 19.3 Å². The van der Waals surface area contributed by atoms with Crippen LogP contribution in [-0.4, -0.2) is 35.5 Å². The molecular formula is C22H26O4. The predicted octanol–water partition coefficient (Wildman–Crippen LogP) is 3.90. The summed E-state index contributed by atoms with van der Waals surface area (Å²) in [6.45, 7) is 7.26. The Labute approximate surface area is 154 Å². The van der Waals surface area contributed by atoms with Gasteiger partial charge in [-0.2, -0.15) is 0 Å². The van der Waals surface area contributed by atoms with Crippen molar-refractivity contribution < 1.29 is 19.0 Å². The van der Waals surface area contributed by atoms with Crippen molar-refractivity contribution in [3.05, 3.63) is 48.0 Å². The first-order valence-electron chi connectivity index (χ1n) is 9.60. The van der Waals surface area contributed by atoms with Crippen LogP contribution in [0.2, 0.25) is 0 Å². The van der Waals surface area contributed by atoms with Gasteiger partial charge in [-0.1, -0.05) is 37.3 Å². The fourth-order valence-electron chi connectivity index (χ4n) is 5.69. The van der Waals surface area contributed by atoms with Gasteiger partial charge < -0.3 is 14.2 Å². The van der Waals surface area contributed by atoms with Crippen molar-refractivity contribution in [2.45, 2.75) is 62.9 Å². The smallest absolute Gasteiger partial charge is 0.338 e. The highest BCUT2D eigenvalue weighted by atomic mass is 16.6. The van der Waals surface area contributed by atoms with Gasteiger partial charge in [-0.3, -0.25) is 0 Å². The molecule has 26 heavy (non-hydrogen) atoms. The molecule has 5 atom stereocenters. The second-order valence-corrected chi connectivity index (χ2v) is 9.13. The van der Waals surface area contributed by atoms with Crippen LogP contribution in [0.4, 0.5) is 0 Å². The summed E-state index contributed by atoms with van der Waals surface area (Å²) in [5.41, 5.74) is -0.675. The Morgan fingerprint density at radius 3 is 2.62 bits per heavy atom. The first-order valence-corrected chi connectivity index (χ1v) is 9.60. The predicted molar refractivity (Wildman–Crippen MR) is 96.8 cm³/mol. The molecule has 2 spiro atoms. The van der Waals surface area contributed by atoms with E-state index in [1.54, 1.807) is 0 Å². The lowest BCUT2D eigenvalue weighted by Crippen LogP contribution is -2.65. The standard InChI is InChI=1S/C22H26O4/c1-19(2)16-12-17(25-18(23)15-8-5-4-6-9-15)20(3)10-7-11-21(14-24-21)22(20,13-16)26-19/h4-9,11,16-17H,10,12-14H2,1-3H3/t16-,17+,20+,21-,22-/m1/s1. The molecule has 3 fully saturated rings. The SMILES string of the molecule is CC1(C)O[C@]23C[C@H]1C[C@H](OC(=O)c1ccccc1)[C@]2(C)CC=C[C@@]31CO1. The highest BCUT2D eigenvalue weighted by Gasteiger charge is 2.78. The van der Waals surface area contributed by atoms with Gasteiger partial charge in [-0.15, -0.1) is 0 Å². The van der Waals surface area contributed by atoms with Crippen LogP contribution in [0.3, 0.4) is 0 Å². The lowest BCUT2D eigenvalue weighted by atomic mass is 9.52. The van der Waals surface area contributed by atoms with Crippen molar-refractivity contribution in [2.75, 3.05) is 6.61 Å². The van der Waals surface area contributed by atoms with E-state index in [4.69, 9.17) is 14.2 Å². The van der Waals surface area contributed by atoms with Gasteiger partial charge in [0.05, 0.1) is 17.8 Å². The molecule has 4 nitrogen and oxygen atoms in total. The summed E-state index contributed by atoms with van der Waals surface area (Å²) in [7, 11) is 0. The molecule has 0 unspecified atom stereocenters. The van der Waals surface area contributed by atoms with Crippen molar-refractivity contribution in [2.24, 2.45) is 11.3 Å². The van der Waals surface area contributed by atoms with Gasteiger partial charge in [0.2, 0.25) is 0 Å². The minimum Gasteiger partial charge on any atom is -0.458 e. The number of hydrogen-bond donors (Lipinski definition) is 0. The molecular weight excluding hydrogens is 328 g/mol. The number of allylic oxidation sites excluding steroid dienone is 1. The number of hydrogen-bond acceptors (Lipinski definition) is 4. The fraction of sp³-hybridized carbons (Fsp3) is 0.591. The van der Waals surface area contributed by atoms with E-state index in [1.807, 2.05) is 30.3 Å². The first kappa shape index (κ1) is 16.5. The zero-order valence-corrected chi connectivity index (χ0v) is 15.7. The van der Waals surface area contributed by atoms with Gasteiger partial charge in [0, 0.05) is 5.41 Å². The number of ether oxygens (including phenoxy) is 3. The van der Waals surface area contributed by atoms with E-state index in [-0.39, 0.29) is 28.7 Å². The van der Waals surface area contributed by atoms with Crippen LogP contribution in [0.5, 0.6) is 0 Å². The van der Waals surface area contributed by atoms with Crippen LogP contribution < -0.4 is 0 Å². The maximum absolute atomic E-state index is 12.8. The van der Waals surface area contributed by atoms with Gasteiger partial charge in [0.1, 0.15) is 17.3 Å². The van der Waals surface area contributed by atoms with Gasteiger partial charge in [-0.25, -0.2) is 4.79 Å². The minimum absolute atomic E-state index is 0.179. The van der Waals surface area contributed by atoms with E-state index in [0.29, 0.717) is 18.1 Å². The van der Waals surface area contributed by atoms with E-state index >= 15 is 0 Å². The maximum atomic E-state index is 12.8. The minimum atomic E-state index is -0.414. The van der Waals surface area contributed by atoms with Gasteiger partial charge in [0.15, 0.2) is 0 Å². The molecule has 2 aliphatic carbocycles. The first-order chi connectivity index (χ1) is 12.3. The topological polar surface area (TPSA) is 48.1 Å².